The summed E-state index contributed by atoms with van der Waals surface area (Å²) >= 11 is 0. The van der Waals surface area contributed by atoms with Crippen molar-refractivity contribution in [2.45, 2.75) is 26.2 Å². The minimum Gasteiger partial charge on any atom is -0.458 e. The molecule has 1 N–H and O–H groups in total. The van der Waals surface area contributed by atoms with Gasteiger partial charge in [-0.05, 0) is 0 Å². The van der Waals surface area contributed by atoms with Gasteiger partial charge in [-0.15, -0.1) is 11.9 Å². The monoisotopic (exact) mass is 207 g/mol. The Hall–Kier alpha value is 1.09. The Morgan fingerprint density at radius 1 is 1.40 bits per heavy atom. The number of aromatic nitrogens is 1. The van der Waals surface area contributed by atoms with Crippen LogP contribution in [0.25, 0.3) is 0 Å². The fourth-order valence-corrected chi connectivity index (χ4v) is 0.719. The average Bonchev–Trinajstić information content (AvgIpc) is 2.08. The molecule has 0 aromatic carbocycles. The van der Waals surface area contributed by atoms with Gasteiger partial charge >= 0.3 is 58.2 Å². The topological polar surface area (TPSA) is 15.8 Å². The zero-order valence-corrected chi connectivity index (χ0v) is 12.1. The van der Waals surface area contributed by atoms with E-state index in [1.54, 1.807) is 0 Å². The summed E-state index contributed by atoms with van der Waals surface area (Å²) in [6, 6.07) is 4.97. The predicted molar refractivity (Wildman–Crippen MR) is 38.3 cm³/mol. The first-order chi connectivity index (χ1) is 4.11. The van der Waals surface area contributed by atoms with Gasteiger partial charge in [0, 0.05) is 0 Å². The summed E-state index contributed by atoms with van der Waals surface area (Å²) in [7, 11) is 0. The van der Waals surface area contributed by atoms with E-state index in [-0.39, 0.29) is 63.6 Å². The first kappa shape index (κ1) is 11.1. The van der Waals surface area contributed by atoms with Crippen LogP contribution < -0.4 is 58.2 Å². The van der Waals surface area contributed by atoms with E-state index in [2.05, 4.69) is 31.8 Å². The molecule has 1 heterocycles. The second kappa shape index (κ2) is 4.20. The summed E-state index contributed by atoms with van der Waals surface area (Å²) in [5, 5.41) is 0. The van der Waals surface area contributed by atoms with E-state index in [1.165, 1.54) is 5.69 Å². The molecule has 0 aliphatic rings. The van der Waals surface area contributed by atoms with Crippen molar-refractivity contribution < 1.29 is 58.2 Å². The molecule has 0 aliphatic carbocycles. The molecular formula is C8H12NRb. The van der Waals surface area contributed by atoms with Crippen molar-refractivity contribution in [3.05, 3.63) is 24.0 Å². The third-order valence-corrected chi connectivity index (χ3v) is 1.35. The van der Waals surface area contributed by atoms with Gasteiger partial charge < -0.3 is 4.98 Å². The first-order valence-electron chi connectivity index (χ1n) is 3.15. The normalized spacial score (nSPS) is 10.7. The maximum absolute atomic E-state index is 3.12. The standard InChI is InChI=1S/C8H12N.Rb/c1-8(2,3)7-5-4-6-9-7;/h5-6,9H,1-3H3;/q-1;+1. The first-order valence-corrected chi connectivity index (χ1v) is 3.15. The van der Waals surface area contributed by atoms with Crippen molar-refractivity contribution in [1.82, 2.24) is 4.98 Å². The zero-order valence-electron chi connectivity index (χ0n) is 7.15. The van der Waals surface area contributed by atoms with E-state index in [4.69, 9.17) is 0 Å². The average molecular weight is 208 g/mol. The number of hydrogen-bond acceptors (Lipinski definition) is 0. The van der Waals surface area contributed by atoms with Gasteiger partial charge in [-0.2, -0.15) is 0 Å². The molecule has 0 radical (unpaired) electrons. The minimum absolute atomic E-state index is 0. The maximum atomic E-state index is 3.12. The van der Waals surface area contributed by atoms with Crippen LogP contribution in [0.5, 0.6) is 0 Å². The Morgan fingerprint density at radius 2 is 2.00 bits per heavy atom. The van der Waals surface area contributed by atoms with E-state index in [0.29, 0.717) is 0 Å². The van der Waals surface area contributed by atoms with E-state index >= 15 is 0 Å². The van der Waals surface area contributed by atoms with Crippen molar-refractivity contribution in [3.63, 3.8) is 0 Å². The quantitative estimate of drug-likeness (QED) is 0.532. The molecular weight excluding hydrogens is 196 g/mol. The molecule has 1 aromatic heterocycles. The number of H-pyrrole nitrogens is 1. The molecule has 2 heteroatoms. The van der Waals surface area contributed by atoms with Crippen molar-refractivity contribution in [1.29, 1.82) is 0 Å². The Bertz CT molecular complexity index is 172. The molecule has 10 heavy (non-hydrogen) atoms. The number of hydrogen-bond donors (Lipinski definition) is 1. The molecule has 0 amide bonds. The van der Waals surface area contributed by atoms with E-state index in [1.807, 2.05) is 12.3 Å². The summed E-state index contributed by atoms with van der Waals surface area (Å²) < 4.78 is 0. The van der Waals surface area contributed by atoms with Gasteiger partial charge in [0.25, 0.3) is 0 Å². The Kier molecular flexibility index (Phi) is 4.65. The van der Waals surface area contributed by atoms with Gasteiger partial charge in [0.2, 0.25) is 0 Å². The van der Waals surface area contributed by atoms with Gasteiger partial charge in [0.05, 0.1) is 0 Å². The molecule has 0 saturated heterocycles. The fraction of sp³-hybridized carbons (Fsp3) is 0.500. The number of rotatable bonds is 0. The van der Waals surface area contributed by atoms with Crippen LogP contribution in [-0.4, -0.2) is 4.98 Å². The van der Waals surface area contributed by atoms with Gasteiger partial charge in [-0.3, -0.25) is 0 Å². The van der Waals surface area contributed by atoms with Gasteiger partial charge in [0.1, 0.15) is 0 Å². The predicted octanol–water partition coefficient (Wildman–Crippen LogP) is -0.884. The van der Waals surface area contributed by atoms with Crippen LogP contribution in [0.4, 0.5) is 0 Å². The van der Waals surface area contributed by atoms with Gasteiger partial charge in [0.15, 0.2) is 0 Å². The fourth-order valence-electron chi connectivity index (χ4n) is 0.719. The molecule has 0 fully saturated rings. The molecule has 1 aromatic rings. The SMILES string of the molecule is CC(C)(C)c1c[c-]c[nH]1.[Rb+]. The van der Waals surface area contributed by atoms with Crippen LogP contribution in [0, 0.1) is 6.07 Å². The van der Waals surface area contributed by atoms with Crippen LogP contribution in [0.1, 0.15) is 26.5 Å². The molecule has 0 aliphatic heterocycles. The van der Waals surface area contributed by atoms with Crippen LogP contribution in [0.3, 0.4) is 0 Å². The van der Waals surface area contributed by atoms with E-state index in [9.17, 15) is 0 Å². The zero-order chi connectivity index (χ0) is 6.91. The molecule has 0 saturated carbocycles. The molecule has 1 nitrogen and oxygen atoms in total. The second-order valence-corrected chi connectivity index (χ2v) is 3.26. The molecule has 1 rings (SSSR count). The molecule has 50 valence electrons. The third kappa shape index (κ3) is 2.99. The minimum atomic E-state index is 0. The van der Waals surface area contributed by atoms with Crippen molar-refractivity contribution in [3.8, 4) is 0 Å². The summed E-state index contributed by atoms with van der Waals surface area (Å²) in [5.74, 6) is 0. The Labute approximate surface area is 111 Å². The van der Waals surface area contributed by atoms with Crippen molar-refractivity contribution in [2.75, 3.05) is 0 Å². The van der Waals surface area contributed by atoms with Gasteiger partial charge in [-0.1, -0.05) is 26.2 Å². The molecule has 0 unspecified atom stereocenters. The molecule has 0 spiro atoms. The smallest absolute Gasteiger partial charge is 0.458 e. The van der Waals surface area contributed by atoms with Gasteiger partial charge in [-0.25, -0.2) is 12.1 Å². The molecule has 0 bridgehead atoms. The van der Waals surface area contributed by atoms with Crippen LogP contribution >= 0.6 is 0 Å². The van der Waals surface area contributed by atoms with Crippen molar-refractivity contribution in [2.24, 2.45) is 0 Å². The Balaban J connectivity index is 0.000000810. The third-order valence-electron chi connectivity index (χ3n) is 1.35. The summed E-state index contributed by atoms with van der Waals surface area (Å²) in [4.78, 5) is 3.12. The van der Waals surface area contributed by atoms with Crippen LogP contribution in [-0.2, 0) is 5.41 Å². The largest absolute Gasteiger partial charge is 1.00 e. The van der Waals surface area contributed by atoms with Crippen molar-refractivity contribution >= 4 is 0 Å². The molecule has 0 atom stereocenters. The summed E-state index contributed by atoms with van der Waals surface area (Å²) in [6.45, 7) is 6.52. The maximum Gasteiger partial charge on any atom is 1.00 e. The number of aromatic amines is 1. The number of nitrogens with one attached hydrogen (secondary N) is 1. The van der Waals surface area contributed by atoms with E-state index in [0.717, 1.165) is 0 Å². The second-order valence-electron chi connectivity index (χ2n) is 3.26. The van der Waals surface area contributed by atoms with Crippen LogP contribution in [0.15, 0.2) is 12.3 Å². The van der Waals surface area contributed by atoms with E-state index < -0.39 is 0 Å². The summed E-state index contributed by atoms with van der Waals surface area (Å²) in [5.41, 5.74) is 1.47. The van der Waals surface area contributed by atoms with Crippen LogP contribution in [0.2, 0.25) is 0 Å². The Morgan fingerprint density at radius 3 is 2.20 bits per heavy atom. The summed E-state index contributed by atoms with van der Waals surface area (Å²) in [6.07, 6.45) is 1.83.